The Morgan fingerprint density at radius 3 is 2.42 bits per heavy atom. The molecule has 1 N–H and O–H groups in total. The molecule has 2 atom stereocenters. The lowest BCUT2D eigenvalue weighted by Crippen LogP contribution is -2.49. The van der Waals surface area contributed by atoms with Crippen LogP contribution >= 0.6 is 0 Å². The van der Waals surface area contributed by atoms with Gasteiger partial charge in [0.15, 0.2) is 29.3 Å². The molecule has 8 nitrogen and oxygen atoms in total. The zero-order valence-corrected chi connectivity index (χ0v) is 20.9. The standard InChI is InChI=1S/C26H21F6N5O3/c1-25(28,29)19-11-16(23(38-2)36-35-19)13-37-14-34-22(26(30,31)32)21(24(37)39-17-8-4-3-5-9-17)40-18-10-6-7-15(12-33)20(18)27/h3-11,14,23-24,36H,13H2,1-2H3. The number of alkyl halides is 5. The Bertz CT molecular complexity index is 1410. The fourth-order valence-corrected chi connectivity index (χ4v) is 3.77. The fourth-order valence-electron chi connectivity index (χ4n) is 3.77. The number of allylic oxidation sites excluding steroid dienone is 2. The number of rotatable bonds is 8. The highest BCUT2D eigenvalue weighted by molar-refractivity contribution is 6.01. The molecule has 0 bridgehead atoms. The Morgan fingerprint density at radius 2 is 1.80 bits per heavy atom. The van der Waals surface area contributed by atoms with Gasteiger partial charge in [-0.3, -0.25) is 5.43 Å². The molecular formula is C26H21F6N5O3. The Morgan fingerprint density at radius 1 is 1.07 bits per heavy atom. The van der Waals surface area contributed by atoms with Crippen LogP contribution < -0.4 is 14.9 Å². The van der Waals surface area contributed by atoms with E-state index < -0.39 is 58.9 Å². The van der Waals surface area contributed by atoms with Crippen molar-refractivity contribution >= 4 is 12.1 Å². The molecule has 2 heterocycles. The lowest BCUT2D eigenvalue weighted by atomic mass is 10.1. The average Bonchev–Trinajstić information content (AvgIpc) is 2.91. The minimum absolute atomic E-state index is 0.114. The van der Waals surface area contributed by atoms with Gasteiger partial charge in [-0.05, 0) is 30.3 Å². The van der Waals surface area contributed by atoms with Gasteiger partial charge in [-0.1, -0.05) is 24.3 Å². The number of hydrogen-bond donors (Lipinski definition) is 1. The molecule has 0 saturated heterocycles. The second kappa shape index (κ2) is 11.3. The van der Waals surface area contributed by atoms with Crippen LogP contribution in [0, 0.1) is 17.1 Å². The van der Waals surface area contributed by atoms with Crippen molar-refractivity contribution in [2.45, 2.75) is 31.5 Å². The quantitative estimate of drug-likeness (QED) is 0.448. The molecule has 14 heteroatoms. The first kappa shape index (κ1) is 28.5. The summed E-state index contributed by atoms with van der Waals surface area (Å²) >= 11 is 0. The summed E-state index contributed by atoms with van der Waals surface area (Å²) < 4.78 is 102. The van der Waals surface area contributed by atoms with Crippen LogP contribution in [0.1, 0.15) is 12.5 Å². The van der Waals surface area contributed by atoms with Gasteiger partial charge in [0, 0.05) is 26.2 Å². The Balaban J connectivity index is 1.81. The predicted octanol–water partition coefficient (Wildman–Crippen LogP) is 5.11. The van der Waals surface area contributed by atoms with Crippen molar-refractivity contribution in [1.82, 2.24) is 10.3 Å². The summed E-state index contributed by atoms with van der Waals surface area (Å²) in [7, 11) is 1.28. The van der Waals surface area contributed by atoms with Gasteiger partial charge in [0.05, 0.1) is 11.9 Å². The van der Waals surface area contributed by atoms with Crippen molar-refractivity contribution in [3.8, 4) is 17.6 Å². The molecular weight excluding hydrogens is 544 g/mol. The molecule has 210 valence electrons. The number of nitrogens with zero attached hydrogens (tertiary/aromatic N) is 4. The number of nitriles is 1. The van der Waals surface area contributed by atoms with Crippen molar-refractivity contribution in [2.24, 2.45) is 10.1 Å². The highest BCUT2D eigenvalue weighted by Crippen LogP contribution is 2.37. The van der Waals surface area contributed by atoms with Crippen LogP contribution in [0.25, 0.3) is 0 Å². The largest absolute Gasteiger partial charge is 0.463 e. The minimum atomic E-state index is -5.07. The van der Waals surface area contributed by atoms with Crippen molar-refractivity contribution in [1.29, 1.82) is 5.26 Å². The molecule has 0 aromatic heterocycles. The van der Waals surface area contributed by atoms with Crippen LogP contribution in [0.3, 0.4) is 0 Å². The molecule has 4 rings (SSSR count). The molecule has 2 aliphatic heterocycles. The predicted molar refractivity (Wildman–Crippen MR) is 131 cm³/mol. The van der Waals surface area contributed by atoms with Gasteiger partial charge in [0.1, 0.15) is 17.5 Å². The van der Waals surface area contributed by atoms with Crippen LogP contribution in [0.2, 0.25) is 0 Å². The number of methoxy groups -OCH3 is 1. The molecule has 2 unspecified atom stereocenters. The summed E-state index contributed by atoms with van der Waals surface area (Å²) in [6, 6.07) is 12.7. The van der Waals surface area contributed by atoms with Crippen LogP contribution in [0.5, 0.6) is 11.5 Å². The van der Waals surface area contributed by atoms with E-state index in [0.717, 1.165) is 29.4 Å². The van der Waals surface area contributed by atoms with Crippen LogP contribution in [-0.4, -0.2) is 55.2 Å². The Hall–Kier alpha value is -4.51. The number of benzene rings is 2. The summed E-state index contributed by atoms with van der Waals surface area (Å²) in [4.78, 5) is 4.64. The summed E-state index contributed by atoms with van der Waals surface area (Å²) in [5.41, 5.74) is -0.0335. The number of nitrogens with one attached hydrogen (secondary N) is 1. The number of halogens is 6. The van der Waals surface area contributed by atoms with E-state index in [1.807, 2.05) is 0 Å². The van der Waals surface area contributed by atoms with Crippen LogP contribution in [0.4, 0.5) is 26.3 Å². The molecule has 40 heavy (non-hydrogen) atoms. The van der Waals surface area contributed by atoms with Gasteiger partial charge in [-0.15, -0.1) is 0 Å². The molecule has 0 spiro atoms. The fraction of sp³-hybridized carbons (Fsp3) is 0.269. The van der Waals surface area contributed by atoms with Crippen molar-refractivity contribution in [2.75, 3.05) is 13.7 Å². The minimum Gasteiger partial charge on any atom is -0.463 e. The number of aliphatic imine (C=N–C) groups is 1. The second-order valence-corrected chi connectivity index (χ2v) is 8.59. The van der Waals surface area contributed by atoms with E-state index in [2.05, 4.69) is 15.5 Å². The molecule has 2 aromatic rings. The summed E-state index contributed by atoms with van der Waals surface area (Å²) in [5, 5.41) is 12.8. The van der Waals surface area contributed by atoms with E-state index >= 15 is 0 Å². The first-order valence-electron chi connectivity index (χ1n) is 11.6. The van der Waals surface area contributed by atoms with Gasteiger partial charge >= 0.3 is 6.18 Å². The molecule has 2 aliphatic rings. The number of hydrazone groups is 1. The summed E-state index contributed by atoms with van der Waals surface area (Å²) in [6.45, 7) is 0.285. The van der Waals surface area contributed by atoms with Gasteiger partial charge in [-0.25, -0.2) is 9.38 Å². The Kier molecular flexibility index (Phi) is 8.06. The third-order valence-corrected chi connectivity index (χ3v) is 5.67. The highest BCUT2D eigenvalue weighted by atomic mass is 19.4. The second-order valence-electron chi connectivity index (χ2n) is 8.59. The maximum absolute atomic E-state index is 14.9. The van der Waals surface area contributed by atoms with E-state index in [0.29, 0.717) is 6.92 Å². The number of para-hydroxylation sites is 1. The zero-order chi connectivity index (χ0) is 29.1. The topological polar surface area (TPSA) is 91.5 Å². The van der Waals surface area contributed by atoms with Crippen molar-refractivity contribution in [3.63, 3.8) is 0 Å². The third kappa shape index (κ3) is 6.20. The molecule has 2 aromatic carbocycles. The molecule has 0 aliphatic carbocycles. The van der Waals surface area contributed by atoms with Crippen LogP contribution in [0.15, 0.2) is 81.7 Å². The maximum Gasteiger partial charge on any atom is 0.437 e. The molecule has 0 saturated carbocycles. The molecule has 0 amide bonds. The van der Waals surface area contributed by atoms with Gasteiger partial charge in [-0.2, -0.15) is 32.3 Å². The van der Waals surface area contributed by atoms with Crippen molar-refractivity contribution < 1.29 is 40.6 Å². The maximum atomic E-state index is 14.9. The lowest BCUT2D eigenvalue weighted by molar-refractivity contribution is -0.0988. The third-order valence-electron chi connectivity index (χ3n) is 5.67. The number of ether oxygens (including phenoxy) is 3. The van der Waals surface area contributed by atoms with E-state index in [1.165, 1.54) is 25.3 Å². The zero-order valence-electron chi connectivity index (χ0n) is 20.9. The van der Waals surface area contributed by atoms with E-state index in [-0.39, 0.29) is 17.9 Å². The van der Waals surface area contributed by atoms with Gasteiger partial charge < -0.3 is 19.1 Å². The van der Waals surface area contributed by atoms with Gasteiger partial charge in [0.25, 0.3) is 5.92 Å². The molecule has 0 radical (unpaired) electrons. The SMILES string of the molecule is COC1NN=C(C(C)(F)F)C=C1CN1C=NC(C(F)(F)F)=C(Oc2cccc(C#N)c2F)C1Oc1ccccc1. The van der Waals surface area contributed by atoms with E-state index in [9.17, 15) is 26.3 Å². The first-order chi connectivity index (χ1) is 18.9. The lowest BCUT2D eigenvalue weighted by Gasteiger charge is -2.37. The van der Waals surface area contributed by atoms with Crippen LogP contribution in [-0.2, 0) is 4.74 Å². The van der Waals surface area contributed by atoms with Crippen molar-refractivity contribution in [3.05, 3.63) is 83.0 Å². The first-order valence-corrected chi connectivity index (χ1v) is 11.6. The average molecular weight is 565 g/mol. The summed E-state index contributed by atoms with van der Waals surface area (Å²) in [5.74, 6) is -6.04. The smallest absolute Gasteiger partial charge is 0.437 e. The van der Waals surface area contributed by atoms with Gasteiger partial charge in [0.2, 0.25) is 6.23 Å². The molecule has 0 fully saturated rings. The highest BCUT2D eigenvalue weighted by Gasteiger charge is 2.45. The normalized spacial score (nSPS) is 19.4. The van der Waals surface area contributed by atoms with E-state index in [1.54, 1.807) is 24.3 Å². The monoisotopic (exact) mass is 565 g/mol. The summed E-state index contributed by atoms with van der Waals surface area (Å²) in [6.07, 6.45) is -5.93. The number of hydrogen-bond acceptors (Lipinski definition) is 8. The Labute approximate surface area is 224 Å². The van der Waals surface area contributed by atoms with E-state index in [4.69, 9.17) is 19.5 Å².